The monoisotopic (exact) mass is 443 g/mol. The molecule has 31 heavy (non-hydrogen) atoms. The van der Waals surface area contributed by atoms with Gasteiger partial charge in [0.2, 0.25) is 0 Å². The van der Waals surface area contributed by atoms with E-state index in [0.29, 0.717) is 19.6 Å². The lowest BCUT2D eigenvalue weighted by Gasteiger charge is -2.29. The number of para-hydroxylation sites is 1. The van der Waals surface area contributed by atoms with Crippen LogP contribution in [-0.2, 0) is 14.3 Å². The van der Waals surface area contributed by atoms with Gasteiger partial charge in [0.1, 0.15) is 5.75 Å². The number of rotatable bonds is 8. The van der Waals surface area contributed by atoms with Crippen molar-refractivity contribution in [2.45, 2.75) is 23.2 Å². The molecular weight excluding hydrogens is 414 g/mol. The van der Waals surface area contributed by atoms with E-state index in [1.807, 2.05) is 55.6 Å². The molecule has 0 unspecified atom stereocenters. The van der Waals surface area contributed by atoms with Crippen LogP contribution in [0.15, 0.2) is 53.4 Å². The van der Waals surface area contributed by atoms with Crippen molar-refractivity contribution >= 4 is 29.3 Å². The fraction of sp³-hybridized carbons (Fsp3) is 0.391. The molecule has 2 atom stereocenters. The minimum Gasteiger partial charge on any atom is -0.497 e. The van der Waals surface area contributed by atoms with Crippen LogP contribution in [0.25, 0.3) is 0 Å². The summed E-state index contributed by atoms with van der Waals surface area (Å²) in [5, 5.41) is -0.379. The van der Waals surface area contributed by atoms with Crippen molar-refractivity contribution in [2.24, 2.45) is 5.73 Å². The van der Waals surface area contributed by atoms with Gasteiger partial charge >= 0.3 is 5.97 Å². The van der Waals surface area contributed by atoms with Crippen molar-refractivity contribution in [3.05, 3.63) is 54.1 Å². The highest BCUT2D eigenvalue weighted by Gasteiger charge is 2.40. The molecule has 0 saturated carbocycles. The average molecular weight is 444 g/mol. The molecule has 166 valence electrons. The Hall–Kier alpha value is -2.55. The molecule has 8 heteroatoms. The Kier molecular flexibility index (Phi) is 7.95. The Labute approximate surface area is 187 Å². The van der Waals surface area contributed by atoms with Gasteiger partial charge in [-0.25, -0.2) is 0 Å². The molecule has 0 spiro atoms. The fourth-order valence-electron chi connectivity index (χ4n) is 3.54. The summed E-state index contributed by atoms with van der Waals surface area (Å²) < 4.78 is 10.9. The Morgan fingerprint density at radius 2 is 1.87 bits per heavy atom. The van der Waals surface area contributed by atoms with Gasteiger partial charge in [0, 0.05) is 38.0 Å². The van der Waals surface area contributed by atoms with E-state index < -0.39 is 12.1 Å². The second-order valence-corrected chi connectivity index (χ2v) is 8.57. The molecule has 2 aromatic carbocycles. The molecule has 3 rings (SSSR count). The largest absolute Gasteiger partial charge is 0.497 e. The lowest BCUT2D eigenvalue weighted by Crippen LogP contribution is -2.45. The number of ether oxygens (including phenoxy) is 2. The molecule has 2 N–H and O–H groups in total. The number of likely N-dealkylation sites (N-methyl/N-ethyl adjacent to an activating group) is 1. The standard InChI is InChI=1S/C23H29N3O4S/c1-16(27)30-21-22(17-8-10-18(29-3)11-9-17)31-20-7-5-4-6-19(20)26(23(21)28)15-14-25(2)13-12-24/h4-11,21-22H,12-15,24H2,1-3H3/t21-,22+/m1/s1. The van der Waals surface area contributed by atoms with Gasteiger partial charge in [-0.3, -0.25) is 9.59 Å². The van der Waals surface area contributed by atoms with Gasteiger partial charge in [0.05, 0.1) is 18.0 Å². The number of nitrogens with zero attached hydrogens (tertiary/aromatic N) is 2. The predicted molar refractivity (Wildman–Crippen MR) is 122 cm³/mol. The highest BCUT2D eigenvalue weighted by Crippen LogP contribution is 2.46. The maximum Gasteiger partial charge on any atom is 0.303 e. The Morgan fingerprint density at radius 1 is 1.16 bits per heavy atom. The van der Waals surface area contributed by atoms with E-state index in [2.05, 4.69) is 4.90 Å². The number of amides is 1. The SMILES string of the molecule is COc1ccc([C@@H]2Sc3ccccc3N(CCN(C)CCN)C(=O)[C@@H]2OC(C)=O)cc1. The number of methoxy groups -OCH3 is 1. The Bertz CT molecular complexity index is 906. The van der Waals surface area contributed by atoms with Crippen LogP contribution in [0.4, 0.5) is 5.69 Å². The second-order valence-electron chi connectivity index (χ2n) is 7.39. The normalized spacial score (nSPS) is 18.5. The number of esters is 1. The number of nitrogens with two attached hydrogens (primary N) is 1. The van der Waals surface area contributed by atoms with Crippen molar-refractivity contribution in [2.75, 3.05) is 45.2 Å². The third-order valence-corrected chi connectivity index (χ3v) is 6.52. The van der Waals surface area contributed by atoms with Gasteiger partial charge in [0.15, 0.2) is 6.10 Å². The van der Waals surface area contributed by atoms with Crippen LogP contribution in [0.1, 0.15) is 17.7 Å². The van der Waals surface area contributed by atoms with Crippen LogP contribution in [0.2, 0.25) is 0 Å². The molecule has 1 amide bonds. The molecule has 1 heterocycles. The van der Waals surface area contributed by atoms with Crippen molar-refractivity contribution in [3.63, 3.8) is 0 Å². The first-order chi connectivity index (χ1) is 14.9. The molecule has 1 aliphatic heterocycles. The van der Waals surface area contributed by atoms with Gasteiger partial charge in [-0.15, -0.1) is 11.8 Å². The summed E-state index contributed by atoms with van der Waals surface area (Å²) >= 11 is 1.53. The van der Waals surface area contributed by atoms with E-state index in [-0.39, 0.29) is 11.2 Å². The van der Waals surface area contributed by atoms with E-state index in [0.717, 1.165) is 28.4 Å². The molecule has 0 radical (unpaired) electrons. The summed E-state index contributed by atoms with van der Waals surface area (Å²) in [6.07, 6.45) is -0.942. The lowest BCUT2D eigenvalue weighted by molar-refractivity contribution is -0.152. The number of carbonyl (C=O) groups excluding carboxylic acids is 2. The summed E-state index contributed by atoms with van der Waals surface area (Å²) in [6.45, 7) is 3.75. The zero-order chi connectivity index (χ0) is 22.4. The summed E-state index contributed by atoms with van der Waals surface area (Å²) in [5.74, 6) is 0.0148. The van der Waals surface area contributed by atoms with Gasteiger partial charge in [-0.2, -0.15) is 0 Å². The van der Waals surface area contributed by atoms with Crippen LogP contribution in [0.5, 0.6) is 5.75 Å². The number of thioether (sulfide) groups is 1. The molecule has 0 fully saturated rings. The number of hydrogen-bond donors (Lipinski definition) is 1. The van der Waals surface area contributed by atoms with Crippen molar-refractivity contribution < 1.29 is 19.1 Å². The predicted octanol–water partition coefficient (Wildman–Crippen LogP) is 2.70. The van der Waals surface area contributed by atoms with Gasteiger partial charge < -0.3 is 25.0 Å². The first kappa shape index (κ1) is 23.1. The molecule has 0 aliphatic carbocycles. The zero-order valence-electron chi connectivity index (χ0n) is 18.1. The van der Waals surface area contributed by atoms with Crippen LogP contribution in [0.3, 0.4) is 0 Å². The summed E-state index contributed by atoms with van der Waals surface area (Å²) in [6, 6.07) is 15.3. The molecule has 7 nitrogen and oxygen atoms in total. The minimum absolute atomic E-state index is 0.227. The third-order valence-electron chi connectivity index (χ3n) is 5.15. The topological polar surface area (TPSA) is 85.1 Å². The minimum atomic E-state index is -0.942. The zero-order valence-corrected chi connectivity index (χ0v) is 18.9. The number of benzene rings is 2. The average Bonchev–Trinajstić information content (AvgIpc) is 2.87. The number of carbonyl (C=O) groups is 2. The molecule has 2 aromatic rings. The summed E-state index contributed by atoms with van der Waals surface area (Å²) in [7, 11) is 3.58. The van der Waals surface area contributed by atoms with Crippen molar-refractivity contribution in [1.82, 2.24) is 4.90 Å². The second kappa shape index (κ2) is 10.7. The van der Waals surface area contributed by atoms with Gasteiger partial charge in [-0.05, 0) is 36.9 Å². The van der Waals surface area contributed by atoms with Gasteiger partial charge in [-0.1, -0.05) is 24.3 Å². The smallest absolute Gasteiger partial charge is 0.303 e. The van der Waals surface area contributed by atoms with E-state index in [1.165, 1.54) is 18.7 Å². The lowest BCUT2D eigenvalue weighted by atomic mass is 10.1. The van der Waals surface area contributed by atoms with E-state index in [9.17, 15) is 9.59 Å². The van der Waals surface area contributed by atoms with E-state index in [4.69, 9.17) is 15.2 Å². The first-order valence-corrected chi connectivity index (χ1v) is 11.1. The maximum absolute atomic E-state index is 13.7. The number of fused-ring (bicyclic) bond motifs is 1. The highest BCUT2D eigenvalue weighted by molar-refractivity contribution is 7.99. The number of anilines is 1. The van der Waals surface area contributed by atoms with E-state index >= 15 is 0 Å². The van der Waals surface area contributed by atoms with Gasteiger partial charge in [0.25, 0.3) is 5.91 Å². The Balaban J connectivity index is 2.00. The molecule has 0 saturated heterocycles. The Morgan fingerprint density at radius 3 is 2.52 bits per heavy atom. The highest BCUT2D eigenvalue weighted by atomic mass is 32.2. The van der Waals surface area contributed by atoms with Crippen LogP contribution < -0.4 is 15.4 Å². The summed E-state index contributed by atoms with van der Waals surface area (Å²) in [4.78, 5) is 30.4. The third kappa shape index (κ3) is 5.58. The van der Waals surface area contributed by atoms with Crippen LogP contribution in [-0.4, -0.2) is 63.2 Å². The van der Waals surface area contributed by atoms with Crippen LogP contribution >= 0.6 is 11.8 Å². The summed E-state index contributed by atoms with van der Waals surface area (Å²) in [5.41, 5.74) is 7.37. The van der Waals surface area contributed by atoms with Crippen molar-refractivity contribution in [3.8, 4) is 5.75 Å². The molecule has 0 bridgehead atoms. The quantitative estimate of drug-likeness (QED) is 0.628. The first-order valence-electron chi connectivity index (χ1n) is 10.2. The van der Waals surface area contributed by atoms with E-state index in [1.54, 1.807) is 12.0 Å². The number of hydrogen-bond acceptors (Lipinski definition) is 7. The van der Waals surface area contributed by atoms with Crippen molar-refractivity contribution in [1.29, 1.82) is 0 Å². The molecular formula is C23H29N3O4S. The molecule has 0 aromatic heterocycles. The molecule has 1 aliphatic rings. The maximum atomic E-state index is 13.7. The fourth-order valence-corrected chi connectivity index (χ4v) is 4.86. The van der Waals surface area contributed by atoms with Crippen LogP contribution in [0, 0.1) is 0 Å².